The van der Waals surface area contributed by atoms with Crippen molar-refractivity contribution >= 4 is 17.7 Å². The van der Waals surface area contributed by atoms with Crippen molar-refractivity contribution in [1.29, 1.82) is 0 Å². The molecule has 0 saturated carbocycles. The fourth-order valence-electron chi connectivity index (χ4n) is 4.30. The monoisotopic (exact) mass is 429 g/mol. The van der Waals surface area contributed by atoms with Crippen LogP contribution in [0.3, 0.4) is 0 Å². The highest BCUT2D eigenvalue weighted by Gasteiger charge is 2.47. The average molecular weight is 429 g/mol. The first-order valence-corrected chi connectivity index (χ1v) is 10.5. The van der Waals surface area contributed by atoms with Gasteiger partial charge in [0.2, 0.25) is 0 Å². The lowest BCUT2D eigenvalue weighted by atomic mass is 9.69. The molecular weight excluding hydrogens is 401 g/mol. The molecule has 2 aliphatic rings. The van der Waals surface area contributed by atoms with Crippen LogP contribution in [0.5, 0.6) is 0 Å². The van der Waals surface area contributed by atoms with Crippen LogP contribution in [0.2, 0.25) is 0 Å². The number of methoxy groups -OCH3 is 1. The van der Waals surface area contributed by atoms with Crippen LogP contribution >= 0.6 is 0 Å². The lowest BCUT2D eigenvalue weighted by Crippen LogP contribution is -2.43. The van der Waals surface area contributed by atoms with Gasteiger partial charge in [-0.2, -0.15) is 0 Å². The molecule has 1 heterocycles. The van der Waals surface area contributed by atoms with Gasteiger partial charge < -0.3 is 14.8 Å². The Morgan fingerprint density at radius 1 is 1.29 bits per heavy atom. The maximum absolute atomic E-state index is 14.9. The Kier molecular flexibility index (Phi) is 6.62. The molecule has 1 aliphatic heterocycles. The molecule has 1 aromatic carbocycles. The van der Waals surface area contributed by atoms with Crippen LogP contribution in [-0.4, -0.2) is 30.9 Å². The Bertz CT molecular complexity index is 980. The third-order valence-corrected chi connectivity index (χ3v) is 6.06. The minimum absolute atomic E-state index is 0.177. The molecule has 3 rings (SSSR count). The minimum Gasteiger partial charge on any atom is -0.468 e. The van der Waals surface area contributed by atoms with Crippen LogP contribution in [0.25, 0.3) is 0 Å². The molecule has 7 heteroatoms. The number of allylic oxidation sites excluding steroid dienone is 3. The summed E-state index contributed by atoms with van der Waals surface area (Å²) in [5, 5.41) is 3.16. The number of rotatable bonds is 5. The van der Waals surface area contributed by atoms with Crippen LogP contribution in [0.4, 0.5) is 4.39 Å². The number of esters is 2. The van der Waals surface area contributed by atoms with E-state index in [0.29, 0.717) is 24.2 Å². The maximum atomic E-state index is 14.9. The first-order chi connectivity index (χ1) is 14.7. The van der Waals surface area contributed by atoms with E-state index < -0.39 is 35.4 Å². The van der Waals surface area contributed by atoms with E-state index in [1.807, 2.05) is 6.92 Å². The molecular formula is C24H28FNO5. The first kappa shape index (κ1) is 22.7. The normalized spacial score (nSPS) is 24.3. The van der Waals surface area contributed by atoms with Crippen molar-refractivity contribution < 1.29 is 28.2 Å². The molecule has 0 amide bonds. The summed E-state index contributed by atoms with van der Waals surface area (Å²) in [7, 11) is 1.23. The molecule has 0 radical (unpaired) electrons. The van der Waals surface area contributed by atoms with E-state index >= 15 is 0 Å². The summed E-state index contributed by atoms with van der Waals surface area (Å²) in [6, 6.07) is 6.04. The van der Waals surface area contributed by atoms with Gasteiger partial charge in [-0.3, -0.25) is 9.59 Å². The fourth-order valence-corrected chi connectivity index (χ4v) is 4.30. The smallest absolute Gasteiger partial charge is 0.337 e. The van der Waals surface area contributed by atoms with Gasteiger partial charge in [-0.15, -0.1) is 0 Å². The molecule has 4 atom stereocenters. The number of hydrogen-bond donors (Lipinski definition) is 1. The summed E-state index contributed by atoms with van der Waals surface area (Å²) in [5.74, 6) is -4.52. The van der Waals surface area contributed by atoms with E-state index in [9.17, 15) is 18.8 Å². The largest absolute Gasteiger partial charge is 0.468 e. The topological polar surface area (TPSA) is 81.7 Å². The van der Waals surface area contributed by atoms with Gasteiger partial charge in [0.05, 0.1) is 24.7 Å². The third-order valence-electron chi connectivity index (χ3n) is 6.06. The Hall–Kier alpha value is -2.96. The molecule has 0 bridgehead atoms. The quantitative estimate of drug-likeness (QED) is 0.567. The third kappa shape index (κ3) is 4.13. The zero-order chi connectivity index (χ0) is 22.9. The zero-order valence-electron chi connectivity index (χ0n) is 18.5. The molecule has 0 unspecified atom stereocenters. The Balaban J connectivity index is 2.18. The second-order valence-corrected chi connectivity index (χ2v) is 8.18. The summed E-state index contributed by atoms with van der Waals surface area (Å²) in [5.41, 5.74) is 1.70. The Morgan fingerprint density at radius 3 is 2.58 bits per heavy atom. The maximum Gasteiger partial charge on any atom is 0.337 e. The van der Waals surface area contributed by atoms with Crippen molar-refractivity contribution in [2.75, 3.05) is 7.11 Å². The number of halogens is 1. The van der Waals surface area contributed by atoms with Crippen molar-refractivity contribution in [3.8, 4) is 0 Å². The van der Waals surface area contributed by atoms with Gasteiger partial charge in [0, 0.05) is 22.5 Å². The SMILES string of the molecule is CC[C@H](C)OC(=O)C1=C(C)NC2=C(C(=O)[C@H](C(=O)OC)[C@H](C)C2)[C@@H]1c1ccccc1F. The highest BCUT2D eigenvalue weighted by Crippen LogP contribution is 2.46. The zero-order valence-corrected chi connectivity index (χ0v) is 18.5. The van der Waals surface area contributed by atoms with Crippen molar-refractivity contribution in [3.63, 3.8) is 0 Å². The van der Waals surface area contributed by atoms with E-state index in [-0.39, 0.29) is 28.7 Å². The van der Waals surface area contributed by atoms with E-state index in [1.54, 1.807) is 39.0 Å². The highest BCUT2D eigenvalue weighted by atomic mass is 19.1. The highest BCUT2D eigenvalue weighted by molar-refractivity contribution is 6.12. The van der Waals surface area contributed by atoms with Gasteiger partial charge >= 0.3 is 11.9 Å². The van der Waals surface area contributed by atoms with E-state index in [1.165, 1.54) is 13.2 Å². The van der Waals surface area contributed by atoms with Gasteiger partial charge in [0.25, 0.3) is 0 Å². The average Bonchev–Trinajstić information content (AvgIpc) is 2.72. The van der Waals surface area contributed by atoms with Gasteiger partial charge in [-0.25, -0.2) is 9.18 Å². The number of hydrogen-bond acceptors (Lipinski definition) is 6. The number of nitrogens with one attached hydrogen (secondary N) is 1. The predicted molar refractivity (Wildman–Crippen MR) is 112 cm³/mol. The number of benzene rings is 1. The standard InChI is InChI=1S/C24H28FNO5/c1-6-13(3)31-24(29)19-14(4)26-17-11-12(2)18(23(28)30-5)22(27)21(17)20(19)15-9-7-8-10-16(15)25/h7-10,12-13,18,20,26H,6,11H2,1-5H3/t12-,13+,18-,20-/m1/s1. The van der Waals surface area contributed by atoms with Crippen molar-refractivity contribution in [2.45, 2.75) is 52.6 Å². The van der Waals surface area contributed by atoms with E-state index in [4.69, 9.17) is 9.47 Å². The van der Waals surface area contributed by atoms with E-state index in [0.717, 1.165) is 0 Å². The number of ketones is 1. The van der Waals surface area contributed by atoms with Gasteiger partial charge in [-0.1, -0.05) is 32.0 Å². The minimum atomic E-state index is -1.01. The van der Waals surface area contributed by atoms with Crippen molar-refractivity contribution in [3.05, 3.63) is 58.2 Å². The van der Waals surface area contributed by atoms with Crippen LogP contribution in [0.15, 0.2) is 46.8 Å². The second kappa shape index (κ2) is 9.04. The molecule has 0 fully saturated rings. The predicted octanol–water partition coefficient (Wildman–Crippen LogP) is 3.78. The number of dihydropyridines is 1. The van der Waals surface area contributed by atoms with Gasteiger partial charge in [0.1, 0.15) is 11.7 Å². The van der Waals surface area contributed by atoms with Crippen LogP contribution in [0.1, 0.15) is 52.0 Å². The fraction of sp³-hybridized carbons (Fsp3) is 0.458. The lowest BCUT2D eigenvalue weighted by molar-refractivity contribution is -0.151. The second-order valence-electron chi connectivity index (χ2n) is 8.18. The number of Topliss-reactive ketones (excluding diaryl/α,β-unsaturated/α-hetero) is 1. The summed E-state index contributed by atoms with van der Waals surface area (Å²) in [4.78, 5) is 39.0. The van der Waals surface area contributed by atoms with Crippen molar-refractivity contribution in [2.24, 2.45) is 11.8 Å². The lowest BCUT2D eigenvalue weighted by Gasteiger charge is -2.38. The Morgan fingerprint density at radius 2 is 1.97 bits per heavy atom. The summed E-state index contributed by atoms with van der Waals surface area (Å²) in [6.45, 7) is 7.18. The number of carbonyl (C=O) groups is 3. The molecule has 1 N–H and O–H groups in total. The molecule has 1 aliphatic carbocycles. The molecule has 0 saturated heterocycles. The van der Waals surface area contributed by atoms with Crippen LogP contribution in [0, 0.1) is 17.7 Å². The number of carbonyl (C=O) groups excluding carboxylic acids is 3. The molecule has 6 nitrogen and oxygen atoms in total. The molecule has 31 heavy (non-hydrogen) atoms. The first-order valence-electron chi connectivity index (χ1n) is 10.5. The molecule has 0 spiro atoms. The summed E-state index contributed by atoms with van der Waals surface area (Å²) >= 11 is 0. The van der Waals surface area contributed by atoms with Crippen molar-refractivity contribution in [1.82, 2.24) is 5.32 Å². The molecule has 166 valence electrons. The van der Waals surface area contributed by atoms with E-state index in [2.05, 4.69) is 5.32 Å². The van der Waals surface area contributed by atoms with Crippen LogP contribution in [-0.2, 0) is 23.9 Å². The van der Waals surface area contributed by atoms with Crippen LogP contribution < -0.4 is 5.32 Å². The Labute approximate surface area is 181 Å². The van der Waals surface area contributed by atoms with Gasteiger partial charge in [0.15, 0.2) is 5.78 Å². The summed E-state index contributed by atoms with van der Waals surface area (Å²) < 4.78 is 25.3. The molecule has 1 aromatic rings. The number of ether oxygens (including phenoxy) is 2. The van der Waals surface area contributed by atoms with Gasteiger partial charge in [-0.05, 0) is 38.7 Å². The summed E-state index contributed by atoms with van der Waals surface area (Å²) in [6.07, 6.45) is 0.677. The molecule has 0 aromatic heterocycles.